The number of sulfonamides is 2. The summed E-state index contributed by atoms with van der Waals surface area (Å²) >= 11 is 0. The van der Waals surface area contributed by atoms with Gasteiger partial charge in [0.25, 0.3) is 10.0 Å². The van der Waals surface area contributed by atoms with Crippen LogP contribution < -0.4 is 10.4 Å². The third-order valence-corrected chi connectivity index (χ3v) is 8.05. The lowest BCUT2D eigenvalue weighted by molar-refractivity contribution is 0.410. The standard InChI is InChI=1S/C18H22N4O5S2/c1-11(2)22(4)29(26,27)14-6-5-12(3)16(10-14)21-28(24,25)13-7-8-15-17(9-13)20-18(23)19-15/h5-11,21H,1-4H3,(H2,19,20,23). The molecule has 3 aromatic rings. The number of H-pyrrole nitrogens is 2. The molecule has 29 heavy (non-hydrogen) atoms. The minimum atomic E-state index is -4.01. The van der Waals surface area contributed by atoms with Crippen LogP contribution in [0.2, 0.25) is 0 Å². The molecule has 0 saturated carbocycles. The summed E-state index contributed by atoms with van der Waals surface area (Å²) in [6.07, 6.45) is 0. The van der Waals surface area contributed by atoms with Crippen LogP contribution in [0.4, 0.5) is 5.69 Å². The number of fused-ring (bicyclic) bond motifs is 1. The molecule has 9 nitrogen and oxygen atoms in total. The summed E-state index contributed by atoms with van der Waals surface area (Å²) in [6, 6.07) is 8.21. The summed E-state index contributed by atoms with van der Waals surface area (Å²) in [5, 5.41) is 0. The number of aryl methyl sites for hydroxylation is 1. The first-order valence-electron chi connectivity index (χ1n) is 8.75. The minimum absolute atomic E-state index is 0.0117. The molecule has 0 aliphatic heterocycles. The Balaban J connectivity index is 2.01. The van der Waals surface area contributed by atoms with Gasteiger partial charge in [0, 0.05) is 13.1 Å². The summed E-state index contributed by atoms with van der Waals surface area (Å²) in [5.41, 5.74) is 1.12. The van der Waals surface area contributed by atoms with Crippen LogP contribution in [0.5, 0.6) is 0 Å². The van der Waals surface area contributed by atoms with Crippen LogP contribution in [-0.2, 0) is 20.0 Å². The van der Waals surface area contributed by atoms with Crippen LogP contribution in [0.3, 0.4) is 0 Å². The molecule has 0 bridgehead atoms. The predicted octanol–water partition coefficient (Wildman–Crippen LogP) is 1.99. The number of aromatic nitrogens is 2. The molecule has 0 fully saturated rings. The highest BCUT2D eigenvalue weighted by Crippen LogP contribution is 2.26. The zero-order valence-electron chi connectivity index (χ0n) is 16.3. The van der Waals surface area contributed by atoms with Crippen molar-refractivity contribution in [2.24, 2.45) is 0 Å². The van der Waals surface area contributed by atoms with Crippen LogP contribution in [0, 0.1) is 6.92 Å². The number of imidazole rings is 1. The second kappa shape index (κ2) is 7.32. The number of nitrogens with one attached hydrogen (secondary N) is 3. The quantitative estimate of drug-likeness (QED) is 0.541. The van der Waals surface area contributed by atoms with E-state index >= 15 is 0 Å². The van der Waals surface area contributed by atoms with Gasteiger partial charge in [-0.25, -0.2) is 21.6 Å². The molecule has 0 saturated heterocycles. The van der Waals surface area contributed by atoms with Crippen LogP contribution >= 0.6 is 0 Å². The van der Waals surface area contributed by atoms with E-state index in [0.717, 1.165) is 0 Å². The van der Waals surface area contributed by atoms with Crippen molar-refractivity contribution in [2.45, 2.75) is 36.6 Å². The number of benzene rings is 2. The topological polar surface area (TPSA) is 132 Å². The molecule has 0 spiro atoms. The van der Waals surface area contributed by atoms with Gasteiger partial charge in [-0.05, 0) is 56.7 Å². The molecule has 156 valence electrons. The zero-order chi connectivity index (χ0) is 21.6. The van der Waals surface area contributed by atoms with E-state index in [1.807, 2.05) is 0 Å². The third-order valence-electron chi connectivity index (χ3n) is 4.66. The first-order chi connectivity index (χ1) is 13.4. The maximum atomic E-state index is 12.8. The Morgan fingerprint density at radius 1 is 0.931 bits per heavy atom. The summed E-state index contributed by atoms with van der Waals surface area (Å²) < 4.78 is 54.8. The Labute approximate surface area is 168 Å². The molecular weight excluding hydrogens is 416 g/mol. The highest BCUT2D eigenvalue weighted by molar-refractivity contribution is 7.92. The largest absolute Gasteiger partial charge is 0.323 e. The van der Waals surface area contributed by atoms with E-state index in [4.69, 9.17) is 0 Å². The molecular formula is C18H22N4O5S2. The Morgan fingerprint density at radius 2 is 1.55 bits per heavy atom. The number of nitrogens with zero attached hydrogens (tertiary/aromatic N) is 1. The summed E-state index contributed by atoms with van der Waals surface area (Å²) in [5.74, 6) is 0. The van der Waals surface area contributed by atoms with E-state index in [2.05, 4.69) is 14.7 Å². The van der Waals surface area contributed by atoms with Crippen molar-refractivity contribution in [1.29, 1.82) is 0 Å². The maximum absolute atomic E-state index is 12.8. The fourth-order valence-corrected chi connectivity index (χ4v) is 5.24. The lowest BCUT2D eigenvalue weighted by Gasteiger charge is -2.21. The highest BCUT2D eigenvalue weighted by Gasteiger charge is 2.25. The van der Waals surface area contributed by atoms with Gasteiger partial charge in [0.05, 0.1) is 26.5 Å². The van der Waals surface area contributed by atoms with Gasteiger partial charge in [-0.1, -0.05) is 6.07 Å². The number of rotatable bonds is 6. The van der Waals surface area contributed by atoms with Gasteiger partial charge in [0.15, 0.2) is 0 Å². The van der Waals surface area contributed by atoms with Crippen molar-refractivity contribution in [2.75, 3.05) is 11.8 Å². The second-order valence-electron chi connectivity index (χ2n) is 6.98. The van der Waals surface area contributed by atoms with E-state index in [1.54, 1.807) is 26.8 Å². The Hall–Kier alpha value is -2.63. The van der Waals surface area contributed by atoms with E-state index in [9.17, 15) is 21.6 Å². The molecule has 0 amide bonds. The molecule has 2 aromatic carbocycles. The molecule has 0 radical (unpaired) electrons. The predicted molar refractivity (Wildman–Crippen MR) is 111 cm³/mol. The van der Waals surface area contributed by atoms with Crippen LogP contribution in [0.15, 0.2) is 51.0 Å². The average Bonchev–Trinajstić information content (AvgIpc) is 3.01. The molecule has 1 aromatic heterocycles. The van der Waals surface area contributed by atoms with Gasteiger partial charge in [0.2, 0.25) is 10.0 Å². The van der Waals surface area contributed by atoms with Gasteiger partial charge in [-0.3, -0.25) is 4.72 Å². The molecule has 0 atom stereocenters. The maximum Gasteiger partial charge on any atom is 0.323 e. The summed E-state index contributed by atoms with van der Waals surface area (Å²) in [4.78, 5) is 16.4. The zero-order valence-corrected chi connectivity index (χ0v) is 18.0. The highest BCUT2D eigenvalue weighted by atomic mass is 32.2. The SMILES string of the molecule is Cc1ccc(S(=O)(=O)N(C)C(C)C)cc1NS(=O)(=O)c1ccc2[nH]c(=O)[nH]c2c1. The van der Waals surface area contributed by atoms with Crippen molar-refractivity contribution >= 4 is 36.8 Å². The fourth-order valence-electron chi connectivity index (χ4n) is 2.70. The minimum Gasteiger partial charge on any atom is -0.306 e. The van der Waals surface area contributed by atoms with E-state index < -0.39 is 25.7 Å². The van der Waals surface area contributed by atoms with E-state index in [0.29, 0.717) is 16.6 Å². The molecule has 0 unspecified atom stereocenters. The molecule has 11 heteroatoms. The van der Waals surface area contributed by atoms with Crippen LogP contribution in [0.1, 0.15) is 19.4 Å². The third kappa shape index (κ3) is 4.07. The second-order valence-corrected chi connectivity index (χ2v) is 10.7. The Kier molecular flexibility index (Phi) is 5.32. The molecule has 1 heterocycles. The molecule has 3 rings (SSSR count). The van der Waals surface area contributed by atoms with Gasteiger partial charge in [-0.2, -0.15) is 4.31 Å². The smallest absolute Gasteiger partial charge is 0.306 e. The summed E-state index contributed by atoms with van der Waals surface area (Å²) in [6.45, 7) is 5.17. The van der Waals surface area contributed by atoms with Crippen LogP contribution in [-0.4, -0.2) is 44.2 Å². The van der Waals surface area contributed by atoms with E-state index in [1.165, 1.54) is 41.7 Å². The first kappa shape index (κ1) is 21.1. The van der Waals surface area contributed by atoms with E-state index in [-0.39, 0.29) is 21.5 Å². The summed E-state index contributed by atoms with van der Waals surface area (Å²) in [7, 11) is -6.31. The van der Waals surface area contributed by atoms with Crippen LogP contribution in [0.25, 0.3) is 11.0 Å². The lowest BCUT2D eigenvalue weighted by Crippen LogP contribution is -2.33. The lowest BCUT2D eigenvalue weighted by atomic mass is 10.2. The number of hydrogen-bond donors (Lipinski definition) is 3. The normalized spacial score (nSPS) is 12.8. The van der Waals surface area contributed by atoms with Crippen molar-refractivity contribution in [3.8, 4) is 0 Å². The van der Waals surface area contributed by atoms with Gasteiger partial charge in [0.1, 0.15) is 0 Å². The average molecular weight is 439 g/mol. The molecule has 3 N–H and O–H groups in total. The number of hydrogen-bond acceptors (Lipinski definition) is 5. The monoisotopic (exact) mass is 438 g/mol. The Morgan fingerprint density at radius 3 is 2.21 bits per heavy atom. The molecule has 0 aliphatic rings. The van der Waals surface area contributed by atoms with Crippen molar-refractivity contribution < 1.29 is 16.8 Å². The first-order valence-corrected chi connectivity index (χ1v) is 11.7. The van der Waals surface area contributed by atoms with Crippen molar-refractivity contribution in [3.63, 3.8) is 0 Å². The van der Waals surface area contributed by atoms with Crippen molar-refractivity contribution in [3.05, 3.63) is 52.4 Å². The Bertz CT molecular complexity index is 1340. The number of aromatic amines is 2. The van der Waals surface area contributed by atoms with Gasteiger partial charge >= 0.3 is 5.69 Å². The van der Waals surface area contributed by atoms with Gasteiger partial charge in [-0.15, -0.1) is 0 Å². The fraction of sp³-hybridized carbons (Fsp3) is 0.278. The number of anilines is 1. The van der Waals surface area contributed by atoms with Crippen molar-refractivity contribution in [1.82, 2.24) is 14.3 Å². The molecule has 0 aliphatic carbocycles. The van der Waals surface area contributed by atoms with Gasteiger partial charge < -0.3 is 9.97 Å².